The van der Waals surface area contributed by atoms with Crippen LogP contribution in [0.3, 0.4) is 0 Å². The first-order valence-electron chi connectivity index (χ1n) is 4.69. The lowest BCUT2D eigenvalue weighted by Gasteiger charge is -2.10. The second kappa shape index (κ2) is 4.53. The molecule has 5 heteroatoms. The Labute approximate surface area is 90.0 Å². The van der Waals surface area contributed by atoms with Crippen molar-refractivity contribution in [1.82, 2.24) is 0 Å². The zero-order valence-corrected chi connectivity index (χ0v) is 9.58. The van der Waals surface area contributed by atoms with Crippen LogP contribution in [0.4, 0.5) is 5.69 Å². The number of hydrogen-bond acceptors (Lipinski definition) is 3. The van der Waals surface area contributed by atoms with Crippen molar-refractivity contribution >= 4 is 15.7 Å². The molecule has 0 fully saturated rings. The molecule has 0 atom stereocenters. The number of anilines is 1. The molecule has 1 aromatic rings. The third kappa shape index (κ3) is 3.79. The van der Waals surface area contributed by atoms with E-state index >= 15 is 0 Å². The zero-order valence-electron chi connectivity index (χ0n) is 8.77. The van der Waals surface area contributed by atoms with Gasteiger partial charge in [0.05, 0.1) is 11.4 Å². The molecule has 1 aromatic carbocycles. The summed E-state index contributed by atoms with van der Waals surface area (Å²) >= 11 is 0. The summed E-state index contributed by atoms with van der Waals surface area (Å²) in [5.41, 5.74) is 0.221. The van der Waals surface area contributed by atoms with Gasteiger partial charge in [0, 0.05) is 0 Å². The molecule has 0 saturated heterocycles. The van der Waals surface area contributed by atoms with Crippen molar-refractivity contribution in [3.63, 3.8) is 0 Å². The van der Waals surface area contributed by atoms with Crippen LogP contribution in [0.2, 0.25) is 0 Å². The van der Waals surface area contributed by atoms with Crippen LogP contribution in [0.25, 0.3) is 0 Å². The van der Waals surface area contributed by atoms with Crippen molar-refractivity contribution in [2.24, 2.45) is 5.92 Å². The fourth-order valence-electron chi connectivity index (χ4n) is 1.21. The van der Waals surface area contributed by atoms with Crippen molar-refractivity contribution in [1.29, 1.82) is 0 Å². The van der Waals surface area contributed by atoms with Crippen LogP contribution in [-0.4, -0.2) is 19.3 Å². The Bertz CT molecular complexity index is 426. The highest BCUT2D eigenvalue weighted by Gasteiger charge is 2.14. The molecule has 4 nitrogen and oxygen atoms in total. The second-order valence-corrected chi connectivity index (χ2v) is 5.56. The quantitative estimate of drug-likeness (QED) is 0.773. The van der Waals surface area contributed by atoms with Crippen molar-refractivity contribution in [3.05, 3.63) is 24.3 Å². The van der Waals surface area contributed by atoms with Gasteiger partial charge in [-0.15, -0.1) is 0 Å². The van der Waals surface area contributed by atoms with Gasteiger partial charge in [-0.2, -0.15) is 0 Å². The van der Waals surface area contributed by atoms with E-state index in [2.05, 4.69) is 4.72 Å². The van der Waals surface area contributed by atoms with Gasteiger partial charge in [0.25, 0.3) is 0 Å². The van der Waals surface area contributed by atoms with Gasteiger partial charge in [-0.1, -0.05) is 26.0 Å². The number of nitrogens with one attached hydrogen (secondary N) is 1. The molecule has 0 bridgehead atoms. The lowest BCUT2D eigenvalue weighted by Crippen LogP contribution is -2.20. The molecule has 0 aromatic heterocycles. The predicted molar refractivity (Wildman–Crippen MR) is 60.4 cm³/mol. The largest absolute Gasteiger partial charge is 0.506 e. The molecule has 0 aliphatic rings. The van der Waals surface area contributed by atoms with Crippen LogP contribution in [0, 0.1) is 5.92 Å². The summed E-state index contributed by atoms with van der Waals surface area (Å²) in [7, 11) is -3.37. The first-order valence-corrected chi connectivity index (χ1v) is 6.34. The van der Waals surface area contributed by atoms with Crippen LogP contribution >= 0.6 is 0 Å². The van der Waals surface area contributed by atoms with Crippen molar-refractivity contribution in [2.45, 2.75) is 13.8 Å². The van der Waals surface area contributed by atoms with E-state index in [1.165, 1.54) is 12.1 Å². The molecule has 0 heterocycles. The van der Waals surface area contributed by atoms with Crippen LogP contribution in [-0.2, 0) is 10.0 Å². The Morgan fingerprint density at radius 1 is 1.33 bits per heavy atom. The number of aromatic hydroxyl groups is 1. The molecule has 0 amide bonds. The number of rotatable bonds is 4. The monoisotopic (exact) mass is 229 g/mol. The Morgan fingerprint density at radius 3 is 2.47 bits per heavy atom. The van der Waals surface area contributed by atoms with Crippen molar-refractivity contribution in [2.75, 3.05) is 10.5 Å². The molecule has 1 rings (SSSR count). The van der Waals surface area contributed by atoms with Gasteiger partial charge in [-0.25, -0.2) is 8.42 Å². The van der Waals surface area contributed by atoms with Gasteiger partial charge in [-0.05, 0) is 18.1 Å². The molecule has 15 heavy (non-hydrogen) atoms. The zero-order chi connectivity index (χ0) is 11.5. The van der Waals surface area contributed by atoms with E-state index < -0.39 is 10.0 Å². The predicted octanol–water partition coefficient (Wildman–Crippen LogP) is 1.79. The smallest absolute Gasteiger partial charge is 0.233 e. The summed E-state index contributed by atoms with van der Waals surface area (Å²) in [5, 5.41) is 9.38. The molecule has 2 N–H and O–H groups in total. The average molecular weight is 229 g/mol. The molecule has 0 spiro atoms. The van der Waals surface area contributed by atoms with Crippen molar-refractivity contribution < 1.29 is 13.5 Å². The molecule has 0 aliphatic heterocycles. The third-order valence-electron chi connectivity index (χ3n) is 1.72. The van der Waals surface area contributed by atoms with Gasteiger partial charge in [0.15, 0.2) is 0 Å². The number of phenols is 1. The Kier molecular flexibility index (Phi) is 3.57. The molecule has 0 unspecified atom stereocenters. The summed E-state index contributed by atoms with van der Waals surface area (Å²) in [5.74, 6) is 0.0274. The molecular weight excluding hydrogens is 214 g/mol. The molecule has 84 valence electrons. The standard InChI is InChI=1S/C10H15NO3S/c1-8(2)7-15(13,14)11-9-5-3-4-6-10(9)12/h3-6,8,11-12H,7H2,1-2H3. The van der Waals surface area contributed by atoms with E-state index in [0.717, 1.165) is 0 Å². The Balaban J connectivity index is 2.83. The van der Waals surface area contributed by atoms with E-state index in [-0.39, 0.29) is 23.1 Å². The van der Waals surface area contributed by atoms with Crippen LogP contribution < -0.4 is 4.72 Å². The van der Waals surface area contributed by atoms with Gasteiger partial charge in [-0.3, -0.25) is 4.72 Å². The van der Waals surface area contributed by atoms with E-state index in [0.29, 0.717) is 0 Å². The van der Waals surface area contributed by atoms with Gasteiger partial charge >= 0.3 is 0 Å². The fraction of sp³-hybridized carbons (Fsp3) is 0.400. The normalized spacial score (nSPS) is 11.7. The first kappa shape index (κ1) is 11.8. The van der Waals surface area contributed by atoms with E-state index in [4.69, 9.17) is 0 Å². The minimum Gasteiger partial charge on any atom is -0.506 e. The summed E-state index contributed by atoms with van der Waals surface area (Å²) < 4.78 is 25.4. The highest BCUT2D eigenvalue weighted by Crippen LogP contribution is 2.23. The van der Waals surface area contributed by atoms with E-state index in [1.807, 2.05) is 13.8 Å². The highest BCUT2D eigenvalue weighted by atomic mass is 32.2. The van der Waals surface area contributed by atoms with Crippen LogP contribution in [0.5, 0.6) is 5.75 Å². The molecule has 0 radical (unpaired) electrons. The second-order valence-electron chi connectivity index (χ2n) is 3.79. The molecular formula is C10H15NO3S. The maximum atomic E-state index is 11.5. The van der Waals surface area contributed by atoms with Gasteiger partial charge in [0.2, 0.25) is 10.0 Å². The fourth-order valence-corrected chi connectivity index (χ4v) is 2.68. The van der Waals surface area contributed by atoms with E-state index in [1.54, 1.807) is 12.1 Å². The van der Waals surface area contributed by atoms with Gasteiger partial charge in [0.1, 0.15) is 5.75 Å². The number of phenolic OH excluding ortho intramolecular Hbond substituents is 1. The minimum atomic E-state index is -3.37. The average Bonchev–Trinajstić information content (AvgIpc) is 2.06. The lowest BCUT2D eigenvalue weighted by molar-refractivity contribution is 0.477. The topological polar surface area (TPSA) is 66.4 Å². The maximum absolute atomic E-state index is 11.5. The first-order chi connectivity index (χ1) is 6.91. The number of benzene rings is 1. The lowest BCUT2D eigenvalue weighted by atomic mass is 10.3. The summed E-state index contributed by atoms with van der Waals surface area (Å²) in [4.78, 5) is 0. The van der Waals surface area contributed by atoms with Gasteiger partial charge < -0.3 is 5.11 Å². The maximum Gasteiger partial charge on any atom is 0.233 e. The minimum absolute atomic E-state index is 0.0430. The Hall–Kier alpha value is -1.23. The Morgan fingerprint density at radius 2 is 1.93 bits per heavy atom. The number of para-hydroxylation sites is 2. The van der Waals surface area contributed by atoms with E-state index in [9.17, 15) is 13.5 Å². The SMILES string of the molecule is CC(C)CS(=O)(=O)Nc1ccccc1O. The summed E-state index contributed by atoms with van der Waals surface area (Å²) in [6.45, 7) is 3.65. The number of hydrogen-bond donors (Lipinski definition) is 2. The molecule has 0 aliphatic carbocycles. The van der Waals surface area contributed by atoms with Crippen molar-refractivity contribution in [3.8, 4) is 5.75 Å². The van der Waals surface area contributed by atoms with Crippen LogP contribution in [0.15, 0.2) is 24.3 Å². The molecule has 0 saturated carbocycles. The number of sulfonamides is 1. The third-order valence-corrected chi connectivity index (χ3v) is 3.36. The highest BCUT2D eigenvalue weighted by molar-refractivity contribution is 7.92. The summed E-state index contributed by atoms with van der Waals surface area (Å²) in [6.07, 6.45) is 0. The summed E-state index contributed by atoms with van der Waals surface area (Å²) in [6, 6.07) is 6.25. The van der Waals surface area contributed by atoms with Crippen LogP contribution in [0.1, 0.15) is 13.8 Å².